The Morgan fingerprint density at radius 3 is 2.48 bits per heavy atom. The molecule has 150 valence electrons. The zero-order valence-electron chi connectivity index (χ0n) is 17.2. The van der Waals surface area contributed by atoms with Crippen molar-refractivity contribution in [3.8, 4) is 0 Å². The topological polar surface area (TPSA) is 92.8 Å². The summed E-state index contributed by atoms with van der Waals surface area (Å²) >= 11 is 0. The summed E-state index contributed by atoms with van der Waals surface area (Å²) in [7, 11) is 0. The number of nitrogens with two attached hydrogens (primary N) is 1. The summed E-state index contributed by atoms with van der Waals surface area (Å²) in [6, 6.07) is -0.710. The summed E-state index contributed by atoms with van der Waals surface area (Å²) < 4.78 is 5.97. The fourth-order valence-electron chi connectivity index (χ4n) is 6.54. The van der Waals surface area contributed by atoms with E-state index in [0.717, 1.165) is 17.6 Å². The maximum absolute atomic E-state index is 13.9. The number of ether oxygens (including phenoxy) is 1. The van der Waals surface area contributed by atoms with E-state index in [0.29, 0.717) is 12.3 Å². The minimum atomic E-state index is -1.59. The average Bonchev–Trinajstić information content (AvgIpc) is 3.08. The number of carbonyl (C=O) groups excluding carboxylic acids is 1. The van der Waals surface area contributed by atoms with Gasteiger partial charge in [0.15, 0.2) is 11.6 Å². The first-order chi connectivity index (χ1) is 12.3. The van der Waals surface area contributed by atoms with Gasteiger partial charge in [-0.15, -0.1) is 0 Å². The van der Waals surface area contributed by atoms with Crippen molar-refractivity contribution in [2.75, 3.05) is 0 Å². The number of hydrogen-bond acceptors (Lipinski definition) is 5. The van der Waals surface area contributed by atoms with Gasteiger partial charge >= 0.3 is 0 Å². The van der Waals surface area contributed by atoms with E-state index < -0.39 is 28.9 Å². The van der Waals surface area contributed by atoms with Gasteiger partial charge < -0.3 is 20.7 Å². The van der Waals surface area contributed by atoms with E-state index in [-0.39, 0.29) is 23.0 Å². The van der Waals surface area contributed by atoms with E-state index in [2.05, 4.69) is 13.8 Å². The lowest BCUT2D eigenvalue weighted by atomic mass is 9.63. The number of allylic oxidation sites excluding steroid dienone is 1. The predicted molar refractivity (Wildman–Crippen MR) is 103 cm³/mol. The van der Waals surface area contributed by atoms with Gasteiger partial charge in [0.25, 0.3) is 0 Å². The lowest BCUT2D eigenvalue weighted by Gasteiger charge is -2.48. The summed E-state index contributed by atoms with van der Waals surface area (Å²) in [6.07, 6.45) is 4.53. The fourth-order valence-corrected chi connectivity index (χ4v) is 6.54. The summed E-state index contributed by atoms with van der Waals surface area (Å²) in [4.78, 5) is 13.9. The van der Waals surface area contributed by atoms with E-state index in [4.69, 9.17) is 10.5 Å². The molecule has 0 heterocycles. The van der Waals surface area contributed by atoms with Gasteiger partial charge in [0.1, 0.15) is 11.7 Å². The molecule has 4 N–H and O–H groups in total. The second-order valence-corrected chi connectivity index (χ2v) is 10.4. The van der Waals surface area contributed by atoms with Crippen LogP contribution in [0.3, 0.4) is 0 Å². The second-order valence-electron chi connectivity index (χ2n) is 10.4. The maximum Gasteiger partial charge on any atom is 0.160 e. The number of rotatable bonds is 2. The van der Waals surface area contributed by atoms with Crippen molar-refractivity contribution in [1.82, 2.24) is 0 Å². The summed E-state index contributed by atoms with van der Waals surface area (Å²) in [5.74, 6) is -0.863. The molecule has 0 radical (unpaired) electrons. The van der Waals surface area contributed by atoms with E-state index in [1.54, 1.807) is 13.8 Å². The van der Waals surface area contributed by atoms with Gasteiger partial charge in [-0.3, -0.25) is 4.79 Å². The van der Waals surface area contributed by atoms with Crippen LogP contribution in [0.1, 0.15) is 54.4 Å². The fraction of sp³-hybridized carbons (Fsp3) is 0.773. The molecule has 2 fully saturated rings. The molecule has 0 aromatic heterocycles. The molecule has 6 unspecified atom stereocenters. The standard InChI is InChI=1S/C22H33NO4/c1-11-9-13-15-14(19(15,3)4)7-8-21(17(13)24)10-12(2)16(23)22(21,26)18(11)27-20(5,6)25/h9-10,13-16,18,25-26H,7-8,23H2,1-6H3/t13?,14-,15?,16?,18?,21?,22?/m1/s1. The molecule has 5 heteroatoms. The molecular formula is C22H33NO4. The smallest absolute Gasteiger partial charge is 0.160 e. The molecule has 27 heavy (non-hydrogen) atoms. The van der Waals surface area contributed by atoms with Crippen LogP contribution in [0.5, 0.6) is 0 Å². The monoisotopic (exact) mass is 375 g/mol. The van der Waals surface area contributed by atoms with Crippen molar-refractivity contribution in [2.24, 2.45) is 34.3 Å². The second kappa shape index (κ2) is 5.32. The summed E-state index contributed by atoms with van der Waals surface area (Å²) in [6.45, 7) is 11.3. The summed E-state index contributed by atoms with van der Waals surface area (Å²) in [5.41, 5.74) is 5.57. The highest BCUT2D eigenvalue weighted by molar-refractivity contribution is 5.95. The molecule has 4 aliphatic rings. The number of ketones is 1. The van der Waals surface area contributed by atoms with Gasteiger partial charge in [0.2, 0.25) is 0 Å². The molecule has 0 saturated heterocycles. The predicted octanol–water partition coefficient (Wildman–Crippen LogP) is 2.32. The zero-order chi connectivity index (χ0) is 20.2. The number of Topliss-reactive ketones (excluding diaryl/α,β-unsaturated/α-hetero) is 1. The normalized spacial score (nSPS) is 48.0. The Bertz CT molecular complexity index is 761. The lowest BCUT2D eigenvalue weighted by Crippen LogP contribution is -2.66. The van der Waals surface area contributed by atoms with Crippen LogP contribution in [-0.4, -0.2) is 39.5 Å². The van der Waals surface area contributed by atoms with Crippen LogP contribution >= 0.6 is 0 Å². The van der Waals surface area contributed by atoms with Gasteiger partial charge in [0, 0.05) is 5.92 Å². The highest BCUT2D eigenvalue weighted by Gasteiger charge is 2.73. The van der Waals surface area contributed by atoms with Crippen LogP contribution in [-0.2, 0) is 9.53 Å². The first-order valence-electron chi connectivity index (χ1n) is 10.1. The van der Waals surface area contributed by atoms with Crippen LogP contribution in [0.15, 0.2) is 23.3 Å². The first-order valence-corrected chi connectivity index (χ1v) is 10.1. The van der Waals surface area contributed by atoms with Crippen molar-refractivity contribution >= 4 is 5.78 Å². The molecule has 0 aliphatic heterocycles. The molecule has 1 spiro atoms. The Morgan fingerprint density at radius 2 is 1.89 bits per heavy atom. The highest BCUT2D eigenvalue weighted by atomic mass is 16.6. The van der Waals surface area contributed by atoms with Crippen molar-refractivity contribution < 1.29 is 19.7 Å². The number of hydrogen-bond donors (Lipinski definition) is 3. The Labute approximate surface area is 161 Å². The van der Waals surface area contributed by atoms with E-state index in [9.17, 15) is 15.0 Å². The number of aliphatic hydroxyl groups is 2. The van der Waals surface area contributed by atoms with E-state index in [1.165, 1.54) is 0 Å². The van der Waals surface area contributed by atoms with Crippen LogP contribution < -0.4 is 5.73 Å². The first kappa shape index (κ1) is 19.3. The molecule has 2 bridgehead atoms. The van der Waals surface area contributed by atoms with Crippen LogP contribution in [0.2, 0.25) is 0 Å². The lowest BCUT2D eigenvalue weighted by molar-refractivity contribution is -0.251. The van der Waals surface area contributed by atoms with Gasteiger partial charge in [-0.05, 0) is 63.4 Å². The molecule has 5 nitrogen and oxygen atoms in total. The molecule has 7 atom stereocenters. The average molecular weight is 376 g/mol. The van der Waals surface area contributed by atoms with Gasteiger partial charge in [-0.25, -0.2) is 0 Å². The van der Waals surface area contributed by atoms with Crippen molar-refractivity contribution in [3.05, 3.63) is 23.3 Å². The Kier molecular flexibility index (Phi) is 3.81. The third-order valence-corrected chi connectivity index (χ3v) is 7.93. The Morgan fingerprint density at radius 1 is 1.26 bits per heavy atom. The quantitative estimate of drug-likeness (QED) is 0.509. The molecule has 2 saturated carbocycles. The van der Waals surface area contributed by atoms with Gasteiger partial charge in [0.05, 0.1) is 11.5 Å². The van der Waals surface area contributed by atoms with Crippen LogP contribution in [0.25, 0.3) is 0 Å². The Balaban J connectivity index is 1.93. The molecule has 0 amide bonds. The van der Waals surface area contributed by atoms with Crippen molar-refractivity contribution in [3.63, 3.8) is 0 Å². The maximum atomic E-state index is 13.9. The molecular weight excluding hydrogens is 342 g/mol. The molecule has 0 aromatic carbocycles. The van der Waals surface area contributed by atoms with E-state index in [1.807, 2.05) is 26.0 Å². The van der Waals surface area contributed by atoms with Crippen molar-refractivity contribution in [1.29, 1.82) is 0 Å². The van der Waals surface area contributed by atoms with Crippen LogP contribution in [0.4, 0.5) is 0 Å². The van der Waals surface area contributed by atoms with Gasteiger partial charge in [-0.1, -0.05) is 31.6 Å². The molecule has 4 aliphatic carbocycles. The number of carbonyl (C=O) groups is 1. The van der Waals surface area contributed by atoms with Gasteiger partial charge in [-0.2, -0.15) is 0 Å². The van der Waals surface area contributed by atoms with E-state index >= 15 is 0 Å². The third kappa shape index (κ3) is 2.29. The van der Waals surface area contributed by atoms with Crippen molar-refractivity contribution in [2.45, 2.75) is 77.9 Å². The summed E-state index contributed by atoms with van der Waals surface area (Å²) in [5, 5.41) is 22.4. The minimum absolute atomic E-state index is 0.0663. The molecule has 4 rings (SSSR count). The largest absolute Gasteiger partial charge is 0.383 e. The zero-order valence-corrected chi connectivity index (χ0v) is 17.2. The number of fused-ring (bicyclic) bond motifs is 3. The highest BCUT2D eigenvalue weighted by Crippen LogP contribution is 2.70. The molecule has 0 aromatic rings. The Hall–Kier alpha value is -1.01. The third-order valence-electron chi connectivity index (χ3n) is 7.93. The minimum Gasteiger partial charge on any atom is -0.383 e. The van der Waals surface area contributed by atoms with Crippen LogP contribution in [0, 0.1) is 28.6 Å². The SMILES string of the molecule is CC1=CC23CC[C@@H]4C(C(C=C(C)C(OC(C)(C)O)C2(O)C1N)C3=O)C4(C)C.